The van der Waals surface area contributed by atoms with E-state index in [0.717, 1.165) is 63.6 Å². The van der Waals surface area contributed by atoms with Crippen LogP contribution in [0.4, 0.5) is 10.7 Å². The Hall–Kier alpha value is -4.80. The molecule has 0 N–H and O–H groups in total. The maximum atomic E-state index is 11.4. The highest BCUT2D eigenvalue weighted by molar-refractivity contribution is 7.16. The van der Waals surface area contributed by atoms with E-state index in [1.807, 2.05) is 42.6 Å². The number of fused-ring (bicyclic) bond motifs is 1. The molecule has 0 unspecified atom stereocenters. The van der Waals surface area contributed by atoms with E-state index in [1.54, 1.807) is 23.5 Å². The first kappa shape index (κ1) is 28.3. The molecule has 2 heterocycles. The molecule has 5 aromatic rings. The molecule has 0 saturated heterocycles. The van der Waals surface area contributed by atoms with Crippen molar-refractivity contribution >= 4 is 28.2 Å². The SMILES string of the molecule is CC(C)(C)[C@@H]1CCc2c(sc(N=Cc3cc(-c4ccccc4)n(-c4ccc([N+](=O)[O-])cc4)c3-c3ccccc3)c2C#N)C1. The zero-order valence-electron chi connectivity index (χ0n) is 24.4. The number of thiophene rings is 1. The van der Waals surface area contributed by atoms with Crippen LogP contribution in [-0.2, 0) is 12.8 Å². The van der Waals surface area contributed by atoms with Crippen LogP contribution >= 0.6 is 11.3 Å². The molecule has 0 bridgehead atoms. The third-order valence-corrected chi connectivity index (χ3v) is 9.53. The second-order valence-corrected chi connectivity index (χ2v) is 13.1. The number of benzene rings is 3. The van der Waals surface area contributed by atoms with Crippen LogP contribution in [0.5, 0.6) is 0 Å². The molecule has 0 spiro atoms. The van der Waals surface area contributed by atoms with Gasteiger partial charge in [-0.25, -0.2) is 4.99 Å². The summed E-state index contributed by atoms with van der Waals surface area (Å²) in [6.45, 7) is 6.89. The first-order valence-corrected chi connectivity index (χ1v) is 15.3. The Bertz CT molecular complexity index is 1860. The van der Waals surface area contributed by atoms with Crippen LogP contribution in [0.25, 0.3) is 28.2 Å². The summed E-state index contributed by atoms with van der Waals surface area (Å²) in [4.78, 5) is 17.3. The highest BCUT2D eigenvalue weighted by Gasteiger charge is 2.32. The zero-order valence-corrected chi connectivity index (χ0v) is 25.3. The summed E-state index contributed by atoms with van der Waals surface area (Å²) in [6.07, 6.45) is 4.85. The molecule has 43 heavy (non-hydrogen) atoms. The van der Waals surface area contributed by atoms with Crippen molar-refractivity contribution in [3.63, 3.8) is 0 Å². The summed E-state index contributed by atoms with van der Waals surface area (Å²) in [5, 5.41) is 22.3. The van der Waals surface area contributed by atoms with Gasteiger partial charge in [0.2, 0.25) is 0 Å². The normalized spacial score (nSPS) is 14.9. The highest BCUT2D eigenvalue weighted by Crippen LogP contribution is 2.45. The van der Waals surface area contributed by atoms with Crippen molar-refractivity contribution in [1.29, 1.82) is 5.26 Å². The van der Waals surface area contributed by atoms with E-state index in [2.05, 4.69) is 61.7 Å². The van der Waals surface area contributed by atoms with Gasteiger partial charge in [-0.05, 0) is 65.5 Å². The fourth-order valence-electron chi connectivity index (χ4n) is 5.98. The lowest BCUT2D eigenvalue weighted by Crippen LogP contribution is -2.26. The van der Waals surface area contributed by atoms with Crippen LogP contribution < -0.4 is 0 Å². The van der Waals surface area contributed by atoms with Gasteiger partial charge in [0.25, 0.3) is 5.69 Å². The Morgan fingerprint density at radius 1 is 1.00 bits per heavy atom. The van der Waals surface area contributed by atoms with Crippen molar-refractivity contribution < 1.29 is 4.92 Å². The number of hydrogen-bond acceptors (Lipinski definition) is 5. The summed E-state index contributed by atoms with van der Waals surface area (Å²) < 4.78 is 2.13. The molecule has 0 radical (unpaired) electrons. The van der Waals surface area contributed by atoms with Gasteiger partial charge in [0.1, 0.15) is 11.1 Å². The van der Waals surface area contributed by atoms with Gasteiger partial charge in [0.15, 0.2) is 0 Å². The average molecular weight is 585 g/mol. The van der Waals surface area contributed by atoms with Gasteiger partial charge >= 0.3 is 0 Å². The minimum Gasteiger partial charge on any atom is -0.309 e. The van der Waals surface area contributed by atoms with Gasteiger partial charge in [-0.1, -0.05) is 81.4 Å². The lowest BCUT2D eigenvalue weighted by molar-refractivity contribution is -0.384. The van der Waals surface area contributed by atoms with Gasteiger partial charge in [-0.2, -0.15) is 5.26 Å². The molecule has 0 aliphatic heterocycles. The molecule has 2 aromatic heterocycles. The Morgan fingerprint density at radius 2 is 1.65 bits per heavy atom. The molecule has 7 heteroatoms. The molecule has 0 amide bonds. The fourth-order valence-corrected chi connectivity index (χ4v) is 7.20. The second-order valence-electron chi connectivity index (χ2n) is 12.0. The van der Waals surface area contributed by atoms with E-state index in [0.29, 0.717) is 11.5 Å². The molecule has 6 nitrogen and oxygen atoms in total. The average Bonchev–Trinajstić information content (AvgIpc) is 3.58. The van der Waals surface area contributed by atoms with Crippen LogP contribution in [0.2, 0.25) is 0 Å². The number of nitro groups is 1. The maximum Gasteiger partial charge on any atom is 0.269 e. The number of hydrogen-bond donors (Lipinski definition) is 0. The van der Waals surface area contributed by atoms with Gasteiger partial charge in [-0.3, -0.25) is 10.1 Å². The minimum absolute atomic E-state index is 0.0413. The number of non-ortho nitro benzene ring substituents is 1. The van der Waals surface area contributed by atoms with Gasteiger partial charge in [-0.15, -0.1) is 11.3 Å². The molecule has 6 rings (SSSR count). The number of nitrogens with zero attached hydrogens (tertiary/aromatic N) is 4. The molecule has 214 valence electrons. The zero-order chi connectivity index (χ0) is 30.1. The number of aromatic nitrogens is 1. The quantitative estimate of drug-likeness (QED) is 0.113. The minimum atomic E-state index is -0.384. The van der Waals surface area contributed by atoms with E-state index < -0.39 is 0 Å². The van der Waals surface area contributed by atoms with E-state index >= 15 is 0 Å². The number of rotatable bonds is 6. The molecule has 3 aromatic carbocycles. The predicted octanol–water partition coefficient (Wildman–Crippen LogP) is 9.55. The van der Waals surface area contributed by atoms with Crippen LogP contribution in [0.15, 0.2) is 96.0 Å². The Labute approximate surface area is 255 Å². The van der Waals surface area contributed by atoms with Crippen molar-refractivity contribution in [2.24, 2.45) is 16.3 Å². The Balaban J connectivity index is 1.52. The lowest BCUT2D eigenvalue weighted by Gasteiger charge is -2.33. The summed E-state index contributed by atoms with van der Waals surface area (Å²) in [7, 11) is 0. The van der Waals surface area contributed by atoms with E-state index in [9.17, 15) is 15.4 Å². The van der Waals surface area contributed by atoms with Gasteiger partial charge in [0, 0.05) is 34.5 Å². The summed E-state index contributed by atoms with van der Waals surface area (Å²) in [5.74, 6) is 0.580. The Morgan fingerprint density at radius 3 is 2.26 bits per heavy atom. The maximum absolute atomic E-state index is 11.4. The van der Waals surface area contributed by atoms with Crippen molar-refractivity contribution in [2.75, 3.05) is 0 Å². The van der Waals surface area contributed by atoms with Gasteiger partial charge in [0.05, 0.1) is 21.9 Å². The number of aliphatic imine (C=N–C) groups is 1. The molecule has 0 fully saturated rings. The molecular weight excluding hydrogens is 552 g/mol. The van der Waals surface area contributed by atoms with Crippen LogP contribution in [-0.4, -0.2) is 15.7 Å². The summed E-state index contributed by atoms with van der Waals surface area (Å²) in [5.41, 5.74) is 7.68. The molecule has 1 aliphatic rings. The third-order valence-electron chi connectivity index (χ3n) is 8.37. The third kappa shape index (κ3) is 5.54. The highest BCUT2D eigenvalue weighted by atomic mass is 32.1. The van der Waals surface area contributed by atoms with Crippen molar-refractivity contribution in [2.45, 2.75) is 40.0 Å². The molecule has 1 atom stereocenters. The Kier molecular flexibility index (Phi) is 7.55. The van der Waals surface area contributed by atoms with Gasteiger partial charge < -0.3 is 4.57 Å². The van der Waals surface area contributed by atoms with E-state index in [-0.39, 0.29) is 16.0 Å². The van der Waals surface area contributed by atoms with Crippen LogP contribution in [0, 0.1) is 32.8 Å². The summed E-state index contributed by atoms with van der Waals surface area (Å²) >= 11 is 1.64. The lowest BCUT2D eigenvalue weighted by atomic mass is 9.72. The standard InChI is InChI=1S/C36H32N4O2S/c1-36(2,3)27-14-19-30-31(22-37)35(43-33(30)21-27)38-23-26-20-32(24-10-6-4-7-11-24)39(34(26)25-12-8-5-9-13-25)28-15-17-29(18-16-28)40(41)42/h4-13,15-18,20,23,27H,14,19,21H2,1-3H3/t27-/m1/s1. The van der Waals surface area contributed by atoms with Crippen LogP contribution in [0.1, 0.15) is 48.8 Å². The monoisotopic (exact) mass is 584 g/mol. The number of nitriles is 1. The smallest absolute Gasteiger partial charge is 0.269 e. The largest absolute Gasteiger partial charge is 0.309 e. The van der Waals surface area contributed by atoms with Crippen molar-refractivity contribution in [1.82, 2.24) is 4.57 Å². The van der Waals surface area contributed by atoms with E-state index in [4.69, 9.17) is 4.99 Å². The first-order valence-electron chi connectivity index (χ1n) is 14.4. The fraction of sp³-hybridized carbons (Fsp3) is 0.222. The van der Waals surface area contributed by atoms with E-state index in [1.165, 1.54) is 17.0 Å². The number of nitro benzene ring substituents is 1. The molecule has 1 aliphatic carbocycles. The second kappa shape index (κ2) is 11.5. The summed E-state index contributed by atoms with van der Waals surface area (Å²) in [6, 6.07) is 31.4. The molecule has 0 saturated carbocycles. The first-order chi connectivity index (χ1) is 20.7. The molecular formula is C36H32N4O2S. The van der Waals surface area contributed by atoms with Crippen LogP contribution in [0.3, 0.4) is 0 Å². The predicted molar refractivity (Wildman–Crippen MR) is 175 cm³/mol. The topological polar surface area (TPSA) is 84.2 Å². The van der Waals surface area contributed by atoms with Crippen molar-refractivity contribution in [3.8, 4) is 34.3 Å². The van der Waals surface area contributed by atoms with Crippen molar-refractivity contribution in [3.05, 3.63) is 123 Å².